The number of rotatable bonds is 3. The number of carbonyl (C=O) groups is 1. The topological polar surface area (TPSA) is 64.2 Å². The molecule has 1 N–H and O–H groups in total. The fourth-order valence-electron chi connectivity index (χ4n) is 2.01. The van der Waals surface area contributed by atoms with Gasteiger partial charge in [0.05, 0.1) is 30.2 Å². The molecule has 3 rings (SSSR count). The minimum atomic E-state index is -0.411. The van der Waals surface area contributed by atoms with Crippen molar-refractivity contribution in [2.75, 3.05) is 14.2 Å². The lowest BCUT2D eigenvalue weighted by Crippen LogP contribution is -2.01. The first-order valence-electron chi connectivity index (χ1n) is 5.93. The molecule has 5 nitrogen and oxygen atoms in total. The molecular weight excluding hydrogens is 276 g/mol. The van der Waals surface area contributed by atoms with Crippen molar-refractivity contribution in [2.24, 2.45) is 0 Å². The molecule has 20 heavy (non-hydrogen) atoms. The summed E-state index contributed by atoms with van der Waals surface area (Å²) in [6, 6.07) is 7.28. The summed E-state index contributed by atoms with van der Waals surface area (Å²) in [4.78, 5) is 20.4. The third kappa shape index (κ3) is 2.04. The highest BCUT2D eigenvalue weighted by atomic mass is 32.1. The lowest BCUT2D eigenvalue weighted by Gasteiger charge is -2.04. The number of nitrogens with zero attached hydrogens (tertiary/aromatic N) is 1. The first kappa shape index (κ1) is 12.7. The molecule has 0 unspecified atom stereocenters. The van der Waals surface area contributed by atoms with E-state index >= 15 is 0 Å². The molecule has 6 heteroatoms. The van der Waals surface area contributed by atoms with Crippen LogP contribution in [0.25, 0.3) is 21.7 Å². The lowest BCUT2D eigenvalue weighted by atomic mass is 10.2. The van der Waals surface area contributed by atoms with Crippen LogP contribution in [-0.4, -0.2) is 30.2 Å². The molecule has 0 saturated heterocycles. The van der Waals surface area contributed by atoms with Crippen LogP contribution in [0.3, 0.4) is 0 Å². The van der Waals surface area contributed by atoms with Gasteiger partial charge in [0.15, 0.2) is 0 Å². The zero-order valence-electron chi connectivity index (χ0n) is 11.0. The standard InChI is InChI=1S/C14H12N2O3S/c1-18-10-7-8(14(17)19-2)6-9-12(10)16-13(15-9)11-4-3-5-20-11/h3-7H,1-2H3,(H,15,16). The molecule has 1 aromatic carbocycles. The van der Waals surface area contributed by atoms with Crippen molar-refractivity contribution in [1.29, 1.82) is 0 Å². The second-order valence-corrected chi connectivity index (χ2v) is 5.07. The van der Waals surface area contributed by atoms with Gasteiger partial charge in [0.1, 0.15) is 17.1 Å². The molecule has 0 atom stereocenters. The fraction of sp³-hybridized carbons (Fsp3) is 0.143. The van der Waals surface area contributed by atoms with E-state index in [2.05, 4.69) is 9.97 Å². The number of benzene rings is 1. The zero-order chi connectivity index (χ0) is 14.1. The number of aromatic nitrogens is 2. The average molecular weight is 288 g/mol. The molecule has 3 aromatic rings. The number of carbonyl (C=O) groups excluding carboxylic acids is 1. The summed E-state index contributed by atoms with van der Waals surface area (Å²) in [6.07, 6.45) is 0. The van der Waals surface area contributed by atoms with Crippen LogP contribution in [-0.2, 0) is 4.74 Å². The van der Waals surface area contributed by atoms with Crippen LogP contribution in [0.2, 0.25) is 0 Å². The van der Waals surface area contributed by atoms with E-state index in [4.69, 9.17) is 9.47 Å². The molecule has 0 saturated carbocycles. The summed E-state index contributed by atoms with van der Waals surface area (Å²) in [7, 11) is 2.90. The average Bonchev–Trinajstić information content (AvgIpc) is 3.13. The zero-order valence-corrected chi connectivity index (χ0v) is 11.8. The van der Waals surface area contributed by atoms with Gasteiger partial charge in [-0.2, -0.15) is 0 Å². The van der Waals surface area contributed by atoms with Crippen molar-refractivity contribution in [1.82, 2.24) is 9.97 Å². The quantitative estimate of drug-likeness (QED) is 0.752. The number of fused-ring (bicyclic) bond motifs is 1. The number of aromatic amines is 1. The Hall–Kier alpha value is -2.34. The van der Waals surface area contributed by atoms with E-state index < -0.39 is 5.97 Å². The van der Waals surface area contributed by atoms with Crippen molar-refractivity contribution in [3.8, 4) is 16.5 Å². The van der Waals surface area contributed by atoms with Gasteiger partial charge in [0.25, 0.3) is 0 Å². The molecule has 0 aliphatic heterocycles. The van der Waals surface area contributed by atoms with E-state index in [9.17, 15) is 4.79 Å². The summed E-state index contributed by atoms with van der Waals surface area (Å²) in [6.45, 7) is 0. The summed E-state index contributed by atoms with van der Waals surface area (Å²) in [5.41, 5.74) is 1.86. The minimum absolute atomic E-state index is 0.411. The number of thiophene rings is 1. The Morgan fingerprint density at radius 1 is 1.35 bits per heavy atom. The Balaban J connectivity index is 2.19. The Bertz CT molecular complexity index is 762. The van der Waals surface area contributed by atoms with Crippen LogP contribution in [0.4, 0.5) is 0 Å². The van der Waals surface area contributed by atoms with E-state index in [0.717, 1.165) is 16.2 Å². The molecule has 0 spiro atoms. The molecule has 0 radical (unpaired) electrons. The van der Waals surface area contributed by atoms with E-state index in [1.54, 1.807) is 30.6 Å². The monoisotopic (exact) mass is 288 g/mol. The molecule has 2 heterocycles. The summed E-state index contributed by atoms with van der Waals surface area (Å²) in [5, 5.41) is 1.99. The van der Waals surface area contributed by atoms with Crippen molar-refractivity contribution in [3.05, 3.63) is 35.2 Å². The third-order valence-electron chi connectivity index (χ3n) is 2.95. The highest BCUT2D eigenvalue weighted by molar-refractivity contribution is 7.13. The molecule has 0 aliphatic rings. The van der Waals surface area contributed by atoms with E-state index in [1.165, 1.54) is 7.11 Å². The highest BCUT2D eigenvalue weighted by Crippen LogP contribution is 2.30. The number of nitrogens with one attached hydrogen (secondary N) is 1. The van der Waals surface area contributed by atoms with Crippen LogP contribution in [0.15, 0.2) is 29.6 Å². The predicted molar refractivity (Wildman–Crippen MR) is 77.3 cm³/mol. The number of methoxy groups -OCH3 is 2. The Kier molecular flexibility index (Phi) is 3.15. The van der Waals surface area contributed by atoms with Gasteiger partial charge < -0.3 is 14.5 Å². The predicted octanol–water partition coefficient (Wildman–Crippen LogP) is 3.09. The van der Waals surface area contributed by atoms with Crippen LogP contribution in [0, 0.1) is 0 Å². The van der Waals surface area contributed by atoms with Gasteiger partial charge in [0.2, 0.25) is 0 Å². The van der Waals surface area contributed by atoms with Gasteiger partial charge in [0, 0.05) is 0 Å². The van der Waals surface area contributed by atoms with Crippen LogP contribution in [0.5, 0.6) is 5.75 Å². The summed E-state index contributed by atoms with van der Waals surface area (Å²) < 4.78 is 10.1. The number of esters is 1. The summed E-state index contributed by atoms with van der Waals surface area (Å²) >= 11 is 1.59. The van der Waals surface area contributed by atoms with Crippen LogP contribution >= 0.6 is 11.3 Å². The van der Waals surface area contributed by atoms with Crippen molar-refractivity contribution >= 4 is 28.3 Å². The molecule has 2 aromatic heterocycles. The maximum absolute atomic E-state index is 11.6. The van der Waals surface area contributed by atoms with Gasteiger partial charge in [-0.1, -0.05) is 6.07 Å². The Morgan fingerprint density at radius 3 is 2.85 bits per heavy atom. The van der Waals surface area contributed by atoms with E-state index in [0.29, 0.717) is 16.8 Å². The minimum Gasteiger partial charge on any atom is -0.494 e. The molecule has 0 bridgehead atoms. The second kappa shape index (κ2) is 4.97. The lowest BCUT2D eigenvalue weighted by molar-refractivity contribution is 0.0600. The summed E-state index contributed by atoms with van der Waals surface area (Å²) in [5.74, 6) is 0.916. The maximum atomic E-state index is 11.6. The SMILES string of the molecule is COC(=O)c1cc(OC)c2[nH]c(-c3cccs3)nc2c1. The normalized spacial score (nSPS) is 10.7. The smallest absolute Gasteiger partial charge is 0.338 e. The first-order chi connectivity index (χ1) is 9.72. The number of H-pyrrole nitrogens is 1. The van der Waals surface area contributed by atoms with Crippen molar-refractivity contribution < 1.29 is 14.3 Å². The highest BCUT2D eigenvalue weighted by Gasteiger charge is 2.15. The molecule has 102 valence electrons. The fourth-order valence-corrected chi connectivity index (χ4v) is 2.68. The van der Waals surface area contributed by atoms with Crippen LogP contribution < -0.4 is 4.74 Å². The molecule has 0 amide bonds. The first-order valence-corrected chi connectivity index (χ1v) is 6.81. The molecular formula is C14H12N2O3S. The number of hydrogen-bond donors (Lipinski definition) is 1. The second-order valence-electron chi connectivity index (χ2n) is 4.13. The third-order valence-corrected chi connectivity index (χ3v) is 3.83. The number of ether oxygens (including phenoxy) is 2. The van der Waals surface area contributed by atoms with Crippen molar-refractivity contribution in [2.45, 2.75) is 0 Å². The van der Waals surface area contributed by atoms with Gasteiger partial charge in [-0.3, -0.25) is 0 Å². The van der Waals surface area contributed by atoms with Crippen molar-refractivity contribution in [3.63, 3.8) is 0 Å². The molecule has 0 aliphatic carbocycles. The molecule has 0 fully saturated rings. The van der Waals surface area contributed by atoms with Gasteiger partial charge in [-0.25, -0.2) is 9.78 Å². The van der Waals surface area contributed by atoms with Crippen LogP contribution in [0.1, 0.15) is 10.4 Å². The van der Waals surface area contributed by atoms with Gasteiger partial charge in [-0.15, -0.1) is 11.3 Å². The van der Waals surface area contributed by atoms with E-state index in [-0.39, 0.29) is 0 Å². The largest absolute Gasteiger partial charge is 0.494 e. The van der Waals surface area contributed by atoms with Gasteiger partial charge in [-0.05, 0) is 23.6 Å². The number of hydrogen-bond acceptors (Lipinski definition) is 5. The van der Waals surface area contributed by atoms with E-state index in [1.807, 2.05) is 17.5 Å². The maximum Gasteiger partial charge on any atom is 0.338 e. The van der Waals surface area contributed by atoms with Gasteiger partial charge >= 0.3 is 5.97 Å². The number of imidazole rings is 1. The Labute approximate surface area is 119 Å². The Morgan fingerprint density at radius 2 is 2.20 bits per heavy atom.